The number of halogens is 1. The van der Waals surface area contributed by atoms with E-state index in [0.717, 1.165) is 69.2 Å². The van der Waals surface area contributed by atoms with E-state index in [4.69, 9.17) is 22.1 Å². The number of fused-ring (bicyclic) bond motifs is 7. The van der Waals surface area contributed by atoms with Crippen molar-refractivity contribution in [2.24, 2.45) is 56.5 Å². The lowest BCUT2D eigenvalue weighted by molar-refractivity contribution is -0.232. The SMILES string of the molecule is CC(C)C1=C2[C@H]3CC[C@@H]4[C@@]5(C)CC[C@H](OC(=O)CC(C)(C)C(=O)O)C(C)(C)[C@@H]5CC[C@@]4(C)[C@]3(C)CC[C@@]2(c2cc(=O)n(-c3ccc(Cl)cc3)n2CCN)CC1. The molecule has 8 nitrogen and oxygen atoms in total. The number of allylic oxidation sites excluding steroid dienone is 2. The van der Waals surface area contributed by atoms with E-state index in [1.807, 2.05) is 35.0 Å². The number of nitrogens with zero attached hydrogens (tertiary/aromatic N) is 2. The number of nitrogens with two attached hydrogens (primary N) is 1. The van der Waals surface area contributed by atoms with Gasteiger partial charge in [-0.1, -0.05) is 71.2 Å². The van der Waals surface area contributed by atoms with Crippen molar-refractivity contribution in [2.75, 3.05) is 6.54 Å². The summed E-state index contributed by atoms with van der Waals surface area (Å²) in [7, 11) is 0. The minimum atomic E-state index is -1.16. The molecular formula is C46H66ClN3O5. The molecule has 0 unspecified atom stereocenters. The number of carboxylic acid groups (broad SMARTS) is 1. The lowest BCUT2D eigenvalue weighted by Crippen LogP contribution is -2.66. The monoisotopic (exact) mass is 775 g/mol. The number of carbonyl (C=O) groups excluding carboxylic acids is 1. The van der Waals surface area contributed by atoms with Crippen molar-refractivity contribution >= 4 is 23.5 Å². The van der Waals surface area contributed by atoms with Gasteiger partial charge in [-0.2, -0.15) is 0 Å². The van der Waals surface area contributed by atoms with E-state index in [1.54, 1.807) is 25.0 Å². The van der Waals surface area contributed by atoms with E-state index < -0.39 is 17.4 Å². The fraction of sp³-hybridized carbons (Fsp3) is 0.717. The molecule has 9 heteroatoms. The second kappa shape index (κ2) is 13.6. The highest BCUT2D eigenvalue weighted by Crippen LogP contribution is 2.77. The molecule has 0 spiro atoms. The van der Waals surface area contributed by atoms with Crippen molar-refractivity contribution in [3.63, 3.8) is 0 Å². The highest BCUT2D eigenvalue weighted by Gasteiger charge is 2.70. The number of ether oxygens (including phenoxy) is 1. The van der Waals surface area contributed by atoms with Crippen molar-refractivity contribution in [2.45, 2.75) is 151 Å². The summed E-state index contributed by atoms with van der Waals surface area (Å²) in [5.74, 6) is 0.428. The van der Waals surface area contributed by atoms with Crippen LogP contribution in [0, 0.1) is 50.7 Å². The second-order valence-electron chi connectivity index (χ2n) is 20.6. The maximum absolute atomic E-state index is 14.0. The predicted molar refractivity (Wildman–Crippen MR) is 218 cm³/mol. The summed E-state index contributed by atoms with van der Waals surface area (Å²) in [6.07, 6.45) is 10.3. The molecule has 0 amide bonds. The molecule has 5 aliphatic rings. The first-order valence-electron chi connectivity index (χ1n) is 21.1. The van der Waals surface area contributed by atoms with Gasteiger partial charge in [0.2, 0.25) is 0 Å². The standard InChI is InChI=1S/C46H66ClN3O5/c1-28(2)31-16-21-46(35-26-37(51)50(49(35)25-24-48)30-12-10-29(47)11-13-30)23-22-44(8)32(39(31)46)14-15-34-43(7)19-18-36(55-38(52)27-41(3,4)40(53)54)42(5,6)33(43)17-20-45(34,44)9/h10-13,26,28,32-34,36H,14-25,27,48H2,1-9H3,(H,53,54)/t32-,33+,34-,36+,43+,44-,45-,46-/m1/s1. The van der Waals surface area contributed by atoms with E-state index in [0.29, 0.717) is 41.8 Å². The quantitative estimate of drug-likeness (QED) is 0.194. The maximum atomic E-state index is 14.0. The summed E-state index contributed by atoms with van der Waals surface area (Å²) in [4.78, 5) is 39.0. The largest absolute Gasteiger partial charge is 0.481 e. The molecule has 0 saturated heterocycles. The number of hydrogen-bond donors (Lipinski definition) is 2. The lowest BCUT2D eigenvalue weighted by Gasteiger charge is -2.72. The highest BCUT2D eigenvalue weighted by molar-refractivity contribution is 6.30. The molecule has 0 bridgehead atoms. The van der Waals surface area contributed by atoms with Crippen LogP contribution in [0.15, 0.2) is 46.3 Å². The zero-order valence-corrected chi connectivity index (χ0v) is 35.7. The molecule has 55 heavy (non-hydrogen) atoms. The Hall–Kier alpha value is -2.84. The Morgan fingerprint density at radius 1 is 0.945 bits per heavy atom. The average Bonchev–Trinajstić information content (AvgIpc) is 3.65. The van der Waals surface area contributed by atoms with Gasteiger partial charge in [-0.25, -0.2) is 4.68 Å². The molecule has 4 fully saturated rings. The normalized spacial score (nSPS) is 35.5. The second-order valence-corrected chi connectivity index (χ2v) is 21.0. The number of hydrogen-bond acceptors (Lipinski definition) is 5. The Morgan fingerprint density at radius 2 is 1.64 bits per heavy atom. The molecule has 7 rings (SSSR count). The Morgan fingerprint density at radius 3 is 2.27 bits per heavy atom. The van der Waals surface area contributed by atoms with E-state index >= 15 is 0 Å². The Bertz CT molecular complexity index is 1940. The third-order valence-electron chi connectivity index (χ3n) is 16.9. The Kier molecular flexibility index (Phi) is 10.0. The number of esters is 1. The van der Waals surface area contributed by atoms with Crippen molar-refractivity contribution in [3.05, 3.63) is 62.5 Å². The van der Waals surface area contributed by atoms with Gasteiger partial charge in [0.05, 0.1) is 29.8 Å². The molecule has 8 atom stereocenters. The third kappa shape index (κ3) is 5.95. The van der Waals surface area contributed by atoms with Crippen LogP contribution in [-0.4, -0.2) is 39.1 Å². The zero-order valence-electron chi connectivity index (χ0n) is 34.9. The van der Waals surface area contributed by atoms with E-state index in [2.05, 4.69) is 53.1 Å². The first-order valence-corrected chi connectivity index (χ1v) is 21.5. The molecule has 1 aromatic carbocycles. The van der Waals surface area contributed by atoms with Gasteiger partial charge in [0.25, 0.3) is 5.56 Å². The Labute approximate surface area is 333 Å². The number of benzene rings is 1. The van der Waals surface area contributed by atoms with Crippen molar-refractivity contribution in [1.29, 1.82) is 0 Å². The lowest BCUT2D eigenvalue weighted by atomic mass is 9.33. The molecule has 0 aliphatic heterocycles. The number of aromatic nitrogens is 2. The van der Waals surface area contributed by atoms with Crippen molar-refractivity contribution in [1.82, 2.24) is 9.36 Å². The first-order chi connectivity index (χ1) is 25.7. The van der Waals surface area contributed by atoms with Gasteiger partial charge in [0.15, 0.2) is 0 Å². The van der Waals surface area contributed by atoms with Crippen molar-refractivity contribution < 1.29 is 19.4 Å². The van der Waals surface area contributed by atoms with Gasteiger partial charge in [-0.3, -0.25) is 19.1 Å². The summed E-state index contributed by atoms with van der Waals surface area (Å²) in [5, 5.41) is 10.3. The van der Waals surface area contributed by atoms with Gasteiger partial charge >= 0.3 is 11.9 Å². The van der Waals surface area contributed by atoms with Crippen LogP contribution in [0.2, 0.25) is 5.02 Å². The van der Waals surface area contributed by atoms with E-state index in [1.165, 1.54) is 6.42 Å². The van der Waals surface area contributed by atoms with E-state index in [-0.39, 0.29) is 45.2 Å². The van der Waals surface area contributed by atoms with Gasteiger partial charge in [0.1, 0.15) is 6.10 Å². The minimum Gasteiger partial charge on any atom is -0.481 e. The van der Waals surface area contributed by atoms with Gasteiger partial charge in [-0.05, 0) is 142 Å². The summed E-state index contributed by atoms with van der Waals surface area (Å²) in [5.41, 5.74) is 10.2. The fourth-order valence-corrected chi connectivity index (χ4v) is 14.1. The number of rotatable bonds is 9. The predicted octanol–water partition coefficient (Wildman–Crippen LogP) is 9.72. The van der Waals surface area contributed by atoms with Crippen molar-refractivity contribution in [3.8, 4) is 5.69 Å². The molecule has 302 valence electrons. The van der Waals surface area contributed by atoms with Crippen LogP contribution in [0.3, 0.4) is 0 Å². The zero-order chi connectivity index (χ0) is 40.1. The molecular weight excluding hydrogens is 710 g/mol. The summed E-state index contributed by atoms with van der Waals surface area (Å²) < 4.78 is 10.2. The average molecular weight is 777 g/mol. The van der Waals surface area contributed by atoms with Crippen LogP contribution < -0.4 is 11.3 Å². The van der Waals surface area contributed by atoms with Crippen LogP contribution in [0.25, 0.3) is 5.69 Å². The minimum absolute atomic E-state index is 0.0118. The van der Waals surface area contributed by atoms with Crippen LogP contribution >= 0.6 is 11.6 Å². The van der Waals surface area contributed by atoms with Crippen LogP contribution in [-0.2, 0) is 26.3 Å². The molecule has 1 aromatic heterocycles. The summed E-state index contributed by atoms with van der Waals surface area (Å²) in [6.45, 7) is 21.4. The Balaban J connectivity index is 1.24. The van der Waals surface area contributed by atoms with E-state index in [9.17, 15) is 19.5 Å². The first kappa shape index (κ1) is 40.4. The topological polar surface area (TPSA) is 117 Å². The summed E-state index contributed by atoms with van der Waals surface area (Å²) in [6, 6.07) is 9.49. The highest BCUT2D eigenvalue weighted by atomic mass is 35.5. The number of aliphatic carboxylic acids is 1. The fourth-order valence-electron chi connectivity index (χ4n) is 13.9. The van der Waals surface area contributed by atoms with Gasteiger partial charge in [0, 0.05) is 28.5 Å². The van der Waals surface area contributed by atoms with Crippen LogP contribution in [0.4, 0.5) is 0 Å². The van der Waals surface area contributed by atoms with Gasteiger partial charge in [-0.15, -0.1) is 0 Å². The molecule has 2 aromatic rings. The third-order valence-corrected chi connectivity index (χ3v) is 17.2. The maximum Gasteiger partial charge on any atom is 0.309 e. The molecule has 3 N–H and O–H groups in total. The molecule has 4 saturated carbocycles. The van der Waals surface area contributed by atoms with Gasteiger partial charge < -0.3 is 15.6 Å². The molecule has 0 radical (unpaired) electrons. The smallest absolute Gasteiger partial charge is 0.309 e. The summed E-state index contributed by atoms with van der Waals surface area (Å²) >= 11 is 6.28. The van der Waals surface area contributed by atoms with Crippen LogP contribution in [0.1, 0.15) is 139 Å². The molecule has 1 heterocycles. The number of carboxylic acids is 1. The molecule has 5 aliphatic carbocycles. The number of carbonyl (C=O) groups is 2. The van der Waals surface area contributed by atoms with Crippen LogP contribution in [0.5, 0.6) is 0 Å².